The highest BCUT2D eigenvalue weighted by atomic mass is 16.5. The van der Waals surface area contributed by atoms with E-state index in [-0.39, 0.29) is 17.9 Å². The number of hydrogen-bond acceptors (Lipinski definition) is 4. The quantitative estimate of drug-likeness (QED) is 0.817. The van der Waals surface area contributed by atoms with Gasteiger partial charge in [-0.3, -0.25) is 9.69 Å². The Balaban J connectivity index is 1.48. The van der Waals surface area contributed by atoms with Gasteiger partial charge in [-0.1, -0.05) is 36.4 Å². The van der Waals surface area contributed by atoms with E-state index in [9.17, 15) is 4.79 Å². The number of ether oxygens (including phenoxy) is 2. The maximum absolute atomic E-state index is 13.1. The van der Waals surface area contributed by atoms with E-state index >= 15 is 0 Å². The number of morpholine rings is 1. The number of nitrogens with one attached hydrogen (secondary N) is 1. The fourth-order valence-corrected chi connectivity index (χ4v) is 4.52. The van der Waals surface area contributed by atoms with Gasteiger partial charge in [-0.15, -0.1) is 0 Å². The number of rotatable bonds is 6. The minimum atomic E-state index is -0.0406. The Morgan fingerprint density at radius 3 is 2.69 bits per heavy atom. The molecule has 2 atom stereocenters. The van der Waals surface area contributed by atoms with Gasteiger partial charge in [-0.05, 0) is 48.1 Å². The number of carbonyl (C=O) groups excluding carboxylic acids is 1. The summed E-state index contributed by atoms with van der Waals surface area (Å²) in [5, 5.41) is 3.27. The van der Waals surface area contributed by atoms with E-state index in [1.54, 1.807) is 7.11 Å². The van der Waals surface area contributed by atoms with Crippen molar-refractivity contribution in [3.05, 3.63) is 65.2 Å². The van der Waals surface area contributed by atoms with Crippen molar-refractivity contribution in [1.29, 1.82) is 0 Å². The second kappa shape index (κ2) is 9.42. The van der Waals surface area contributed by atoms with E-state index in [4.69, 9.17) is 9.47 Å². The zero-order valence-corrected chi connectivity index (χ0v) is 17.1. The molecule has 0 radical (unpaired) electrons. The predicted octanol–water partition coefficient (Wildman–Crippen LogP) is 3.30. The highest BCUT2D eigenvalue weighted by molar-refractivity contribution is 5.84. The van der Waals surface area contributed by atoms with E-state index < -0.39 is 0 Å². The van der Waals surface area contributed by atoms with Crippen LogP contribution in [0.4, 0.5) is 0 Å². The first-order chi connectivity index (χ1) is 14.3. The van der Waals surface area contributed by atoms with Gasteiger partial charge in [0.15, 0.2) is 0 Å². The lowest BCUT2D eigenvalue weighted by atomic mass is 9.82. The first-order valence-electron chi connectivity index (χ1n) is 10.6. The number of benzene rings is 2. The van der Waals surface area contributed by atoms with Crippen LogP contribution in [0.3, 0.4) is 0 Å². The summed E-state index contributed by atoms with van der Waals surface area (Å²) in [4.78, 5) is 15.5. The van der Waals surface area contributed by atoms with Crippen LogP contribution in [0.5, 0.6) is 5.75 Å². The molecule has 1 N–H and O–H groups in total. The number of amides is 1. The Hall–Kier alpha value is -2.37. The molecule has 1 fully saturated rings. The molecule has 0 aromatic heterocycles. The monoisotopic (exact) mass is 394 g/mol. The van der Waals surface area contributed by atoms with Gasteiger partial charge in [0.25, 0.3) is 0 Å². The predicted molar refractivity (Wildman–Crippen MR) is 113 cm³/mol. The molecule has 1 heterocycles. The van der Waals surface area contributed by atoms with Gasteiger partial charge in [-0.2, -0.15) is 0 Å². The van der Waals surface area contributed by atoms with Gasteiger partial charge < -0.3 is 14.8 Å². The van der Waals surface area contributed by atoms with Gasteiger partial charge >= 0.3 is 0 Å². The number of fused-ring (bicyclic) bond motifs is 1. The molecular formula is C24H30N2O3. The summed E-state index contributed by atoms with van der Waals surface area (Å²) in [7, 11) is 1.68. The summed E-state index contributed by atoms with van der Waals surface area (Å²) in [6, 6.07) is 16.7. The van der Waals surface area contributed by atoms with Crippen LogP contribution in [0.15, 0.2) is 48.5 Å². The van der Waals surface area contributed by atoms with Crippen molar-refractivity contribution >= 4 is 5.91 Å². The number of carbonyl (C=O) groups is 1. The molecule has 2 aliphatic rings. The molecule has 4 rings (SSSR count). The average Bonchev–Trinajstić information content (AvgIpc) is 2.80. The third-order valence-electron chi connectivity index (χ3n) is 6.14. The maximum Gasteiger partial charge on any atom is 0.227 e. The molecule has 0 unspecified atom stereocenters. The van der Waals surface area contributed by atoms with Gasteiger partial charge in [0.05, 0.1) is 32.3 Å². The second-order valence-corrected chi connectivity index (χ2v) is 7.83. The summed E-state index contributed by atoms with van der Waals surface area (Å²) in [5.74, 6) is 0.947. The number of nitrogens with zero attached hydrogens (tertiary/aromatic N) is 1. The summed E-state index contributed by atoms with van der Waals surface area (Å²) < 4.78 is 10.8. The van der Waals surface area contributed by atoms with Crippen LogP contribution in [0.1, 0.15) is 41.5 Å². The van der Waals surface area contributed by atoms with Gasteiger partial charge in [-0.25, -0.2) is 0 Å². The minimum absolute atomic E-state index is 0.0406. The molecule has 5 nitrogen and oxygen atoms in total. The highest BCUT2D eigenvalue weighted by Gasteiger charge is 2.28. The zero-order chi connectivity index (χ0) is 20.1. The lowest BCUT2D eigenvalue weighted by molar-refractivity contribution is -0.123. The van der Waals surface area contributed by atoms with Crippen molar-refractivity contribution in [1.82, 2.24) is 10.2 Å². The molecule has 1 aliphatic heterocycles. The normalized spacial score (nSPS) is 20.5. The lowest BCUT2D eigenvalue weighted by Gasteiger charge is -2.35. The molecule has 0 bridgehead atoms. The molecule has 154 valence electrons. The Labute approximate surface area is 173 Å². The van der Waals surface area contributed by atoms with E-state index in [1.165, 1.54) is 16.7 Å². The average molecular weight is 395 g/mol. The molecule has 1 saturated heterocycles. The Kier molecular flexibility index (Phi) is 6.47. The number of aryl methyl sites for hydroxylation is 1. The molecule has 1 amide bonds. The van der Waals surface area contributed by atoms with Crippen LogP contribution in [0, 0.1) is 0 Å². The summed E-state index contributed by atoms with van der Waals surface area (Å²) in [6.07, 6.45) is 3.07. The third kappa shape index (κ3) is 4.62. The molecule has 0 spiro atoms. The maximum atomic E-state index is 13.1. The van der Waals surface area contributed by atoms with Crippen LogP contribution >= 0.6 is 0 Å². The lowest BCUT2D eigenvalue weighted by Crippen LogP contribution is -2.44. The van der Waals surface area contributed by atoms with Crippen molar-refractivity contribution in [2.75, 3.05) is 40.0 Å². The fourth-order valence-electron chi connectivity index (χ4n) is 4.52. The smallest absolute Gasteiger partial charge is 0.227 e. The number of hydrogen-bond donors (Lipinski definition) is 1. The van der Waals surface area contributed by atoms with Gasteiger partial charge in [0.1, 0.15) is 5.75 Å². The topological polar surface area (TPSA) is 50.8 Å². The van der Waals surface area contributed by atoms with Crippen molar-refractivity contribution in [3.8, 4) is 5.75 Å². The fraction of sp³-hybridized carbons (Fsp3) is 0.458. The van der Waals surface area contributed by atoms with E-state index in [2.05, 4.69) is 40.5 Å². The molecular weight excluding hydrogens is 364 g/mol. The molecule has 2 aromatic rings. The van der Waals surface area contributed by atoms with Crippen molar-refractivity contribution in [2.45, 2.75) is 31.2 Å². The molecule has 0 saturated carbocycles. The van der Waals surface area contributed by atoms with Crippen LogP contribution in [0.25, 0.3) is 0 Å². The second-order valence-electron chi connectivity index (χ2n) is 7.83. The first-order valence-corrected chi connectivity index (χ1v) is 10.6. The molecule has 1 aliphatic carbocycles. The van der Waals surface area contributed by atoms with Crippen molar-refractivity contribution in [3.63, 3.8) is 0 Å². The number of methoxy groups -OCH3 is 1. The highest BCUT2D eigenvalue weighted by Crippen LogP contribution is 2.32. The molecule has 29 heavy (non-hydrogen) atoms. The van der Waals surface area contributed by atoms with Crippen molar-refractivity contribution in [2.24, 2.45) is 0 Å². The SMILES string of the molecule is COc1ccc([C@H](CNC(=O)[C@@H]2CCCc3ccccc32)N2CCOCC2)cc1. The summed E-state index contributed by atoms with van der Waals surface area (Å²) >= 11 is 0. The third-order valence-corrected chi connectivity index (χ3v) is 6.14. The van der Waals surface area contributed by atoms with Gasteiger partial charge in [0.2, 0.25) is 5.91 Å². The van der Waals surface area contributed by atoms with Crippen LogP contribution in [0.2, 0.25) is 0 Å². The summed E-state index contributed by atoms with van der Waals surface area (Å²) in [6.45, 7) is 3.81. The van der Waals surface area contributed by atoms with E-state index in [1.807, 2.05) is 18.2 Å². The summed E-state index contributed by atoms with van der Waals surface area (Å²) in [5.41, 5.74) is 3.71. The van der Waals surface area contributed by atoms with E-state index in [0.717, 1.165) is 51.3 Å². The van der Waals surface area contributed by atoms with Crippen molar-refractivity contribution < 1.29 is 14.3 Å². The Morgan fingerprint density at radius 2 is 1.93 bits per heavy atom. The van der Waals surface area contributed by atoms with Gasteiger partial charge in [0, 0.05) is 19.6 Å². The standard InChI is InChI=1S/C24H30N2O3/c1-28-20-11-9-19(10-12-20)23(26-13-15-29-16-14-26)17-25-24(27)22-8-4-6-18-5-2-3-7-21(18)22/h2-3,5,7,9-12,22-23H,4,6,8,13-17H2,1H3,(H,25,27)/t22-,23+/m1/s1. The van der Waals surface area contributed by atoms with Crippen LogP contribution in [-0.4, -0.2) is 50.8 Å². The van der Waals surface area contributed by atoms with Crippen LogP contribution < -0.4 is 10.1 Å². The minimum Gasteiger partial charge on any atom is -0.497 e. The molecule has 2 aromatic carbocycles. The first kappa shape index (κ1) is 19.9. The largest absolute Gasteiger partial charge is 0.497 e. The van der Waals surface area contributed by atoms with E-state index in [0.29, 0.717) is 6.54 Å². The Morgan fingerprint density at radius 1 is 1.17 bits per heavy atom. The van der Waals surface area contributed by atoms with Crippen LogP contribution in [-0.2, 0) is 16.0 Å². The molecule has 5 heteroatoms. The zero-order valence-electron chi connectivity index (χ0n) is 17.1. The Bertz CT molecular complexity index is 815.